The average Bonchev–Trinajstić information content (AvgIpc) is 0. The summed E-state index contributed by atoms with van der Waals surface area (Å²) in [5, 5.41) is 0. The van der Waals surface area contributed by atoms with Crippen molar-refractivity contribution in [3.8, 4) is 0 Å². The van der Waals surface area contributed by atoms with Crippen molar-refractivity contribution >= 4 is 0 Å². The third-order valence-corrected chi connectivity index (χ3v) is 0. The van der Waals surface area contributed by atoms with Gasteiger partial charge in [0.2, 0.25) is 0 Å². The molecule has 28 valence electrons. The monoisotopic (exact) mass is 189 g/mol. The largest absolute Gasteiger partial charge is 0.870 e. The van der Waals surface area contributed by atoms with Crippen LogP contribution in [0.3, 0.4) is 0 Å². The minimum absolute atomic E-state index is 0. The van der Waals surface area contributed by atoms with Crippen LogP contribution in [-0.4, -0.2) is 5.48 Å². The topological polar surface area (TPSA) is 30.0 Å². The standard InChI is InChI=1S/2CH4.Ce.H2O/h2*1H4;;1H2/p-1. The Balaban J connectivity index is 0. The Morgan fingerprint density at radius 1 is 0.750 bits per heavy atom. The van der Waals surface area contributed by atoms with Gasteiger partial charge in [-0.1, -0.05) is 14.9 Å². The first kappa shape index (κ1) is 56.2. The van der Waals surface area contributed by atoms with Gasteiger partial charge in [-0.2, -0.15) is 0 Å². The van der Waals surface area contributed by atoms with Crippen molar-refractivity contribution in [2.45, 2.75) is 14.9 Å². The maximum atomic E-state index is 0. The quantitative estimate of drug-likeness (QED) is 0.561. The first-order valence-electron chi connectivity index (χ1n) is 0. The van der Waals surface area contributed by atoms with Crippen molar-refractivity contribution in [3.05, 3.63) is 0 Å². The summed E-state index contributed by atoms with van der Waals surface area (Å²) in [5.41, 5.74) is 0. The molecule has 0 aromatic heterocycles. The van der Waals surface area contributed by atoms with E-state index in [-0.39, 0.29) is 62.1 Å². The summed E-state index contributed by atoms with van der Waals surface area (Å²) < 4.78 is 0. The van der Waals surface area contributed by atoms with E-state index in [1.165, 1.54) is 0 Å². The van der Waals surface area contributed by atoms with Crippen LogP contribution in [0.2, 0.25) is 0 Å². The molecule has 0 bridgehead atoms. The van der Waals surface area contributed by atoms with Crippen molar-refractivity contribution in [3.63, 3.8) is 0 Å². The van der Waals surface area contributed by atoms with E-state index >= 15 is 0 Å². The molecule has 0 aromatic rings. The van der Waals surface area contributed by atoms with Gasteiger partial charge in [0.05, 0.1) is 0 Å². The van der Waals surface area contributed by atoms with Crippen LogP contribution in [-0.2, 0) is 0 Å². The third-order valence-electron chi connectivity index (χ3n) is 0. The average molecular weight is 189 g/mol. The summed E-state index contributed by atoms with van der Waals surface area (Å²) in [7, 11) is 0. The third kappa shape index (κ3) is 10.2. The molecule has 0 aliphatic heterocycles. The van der Waals surface area contributed by atoms with Crippen molar-refractivity contribution in [2.24, 2.45) is 0 Å². The molecule has 0 spiro atoms. The van der Waals surface area contributed by atoms with Crippen LogP contribution in [0.4, 0.5) is 0 Å². The predicted molar refractivity (Wildman–Crippen MR) is 15.4 cm³/mol. The molecule has 0 saturated carbocycles. The van der Waals surface area contributed by atoms with Crippen molar-refractivity contribution in [1.29, 1.82) is 0 Å². The molecule has 0 radical (unpaired) electrons. The summed E-state index contributed by atoms with van der Waals surface area (Å²) >= 11 is 0. The Kier molecular flexibility index (Phi) is 380. The van der Waals surface area contributed by atoms with Gasteiger partial charge in [-0.05, 0) is 0 Å². The van der Waals surface area contributed by atoms with Gasteiger partial charge in [-0.15, -0.1) is 0 Å². The molecule has 0 aliphatic carbocycles. The molecule has 0 aliphatic rings. The summed E-state index contributed by atoms with van der Waals surface area (Å²) in [4.78, 5) is 0. The summed E-state index contributed by atoms with van der Waals surface area (Å²) in [6, 6.07) is 0. The molecule has 1 nitrogen and oxygen atoms in total. The summed E-state index contributed by atoms with van der Waals surface area (Å²) in [6.45, 7) is 0. The Hall–Kier alpha value is 1.34. The summed E-state index contributed by atoms with van der Waals surface area (Å²) in [5.74, 6) is 0. The van der Waals surface area contributed by atoms with Gasteiger partial charge < -0.3 is 5.48 Å². The van der Waals surface area contributed by atoms with Crippen LogP contribution in [0.5, 0.6) is 0 Å². The first-order valence-corrected chi connectivity index (χ1v) is 0. The van der Waals surface area contributed by atoms with Crippen LogP contribution in [0, 0.1) is 41.7 Å². The van der Waals surface area contributed by atoms with Crippen molar-refractivity contribution < 1.29 is 47.2 Å². The second-order valence-electron chi connectivity index (χ2n) is 0. The zero-order chi connectivity index (χ0) is 0. The zero-order valence-electron chi connectivity index (χ0n) is 0.947. The SMILES string of the molecule is C.C.[Ce].[OH-]. The molecule has 2 heteroatoms. The van der Waals surface area contributed by atoms with E-state index in [0.717, 1.165) is 0 Å². The number of rotatable bonds is 0. The van der Waals surface area contributed by atoms with Gasteiger partial charge in [-0.25, -0.2) is 0 Å². The molecule has 0 saturated heterocycles. The Morgan fingerprint density at radius 2 is 0.750 bits per heavy atom. The fraction of sp³-hybridized carbons (Fsp3) is 1.00. The molecule has 1 N–H and O–H groups in total. The molecule has 0 amide bonds. The van der Waals surface area contributed by atoms with E-state index in [1.54, 1.807) is 0 Å². The van der Waals surface area contributed by atoms with Gasteiger partial charge in [0.1, 0.15) is 0 Å². The van der Waals surface area contributed by atoms with E-state index in [0.29, 0.717) is 0 Å². The zero-order valence-corrected chi connectivity index (χ0v) is 4.09. The molecule has 0 heterocycles. The fourth-order valence-corrected chi connectivity index (χ4v) is 0. The number of hydrogen-bond acceptors (Lipinski definition) is 1. The molecular weight excluding hydrogens is 180 g/mol. The Morgan fingerprint density at radius 3 is 0.750 bits per heavy atom. The van der Waals surface area contributed by atoms with Gasteiger partial charge >= 0.3 is 0 Å². The minimum Gasteiger partial charge on any atom is -0.870 e. The van der Waals surface area contributed by atoms with Crippen LogP contribution < -0.4 is 0 Å². The van der Waals surface area contributed by atoms with E-state index in [4.69, 9.17) is 0 Å². The van der Waals surface area contributed by atoms with Gasteiger partial charge in [0, 0.05) is 41.7 Å². The minimum atomic E-state index is 0. The normalized spacial score (nSPS) is 0. The van der Waals surface area contributed by atoms with Crippen molar-refractivity contribution in [2.75, 3.05) is 0 Å². The maximum Gasteiger partial charge on any atom is 0 e. The van der Waals surface area contributed by atoms with E-state index in [9.17, 15) is 0 Å². The predicted octanol–water partition coefficient (Wildman–Crippen LogP) is 1.10. The van der Waals surface area contributed by atoms with Crippen LogP contribution >= 0.6 is 0 Å². The van der Waals surface area contributed by atoms with Crippen LogP contribution in [0.25, 0.3) is 0 Å². The Labute approximate surface area is 61.5 Å². The van der Waals surface area contributed by atoms with Crippen molar-refractivity contribution in [1.82, 2.24) is 0 Å². The fourth-order valence-electron chi connectivity index (χ4n) is 0. The maximum absolute atomic E-state index is 0. The molecular formula is C2H9CeO-. The van der Waals surface area contributed by atoms with Gasteiger partial charge in [0.25, 0.3) is 0 Å². The second-order valence-corrected chi connectivity index (χ2v) is 0. The van der Waals surface area contributed by atoms with Crippen LogP contribution in [0.15, 0.2) is 0 Å². The molecule has 0 atom stereocenters. The first-order chi connectivity index (χ1) is 0. The molecule has 4 heavy (non-hydrogen) atoms. The van der Waals surface area contributed by atoms with Gasteiger partial charge in [-0.3, -0.25) is 0 Å². The van der Waals surface area contributed by atoms with E-state index < -0.39 is 0 Å². The molecule has 0 aromatic carbocycles. The molecule has 0 unspecified atom stereocenters. The van der Waals surface area contributed by atoms with Gasteiger partial charge in [0.15, 0.2) is 0 Å². The molecule has 0 fully saturated rings. The second kappa shape index (κ2) is 27.0. The molecule has 0 rings (SSSR count). The smallest absolute Gasteiger partial charge is 0 e. The number of hydrogen-bond donors (Lipinski definition) is 0. The van der Waals surface area contributed by atoms with E-state index in [1.807, 2.05) is 0 Å². The van der Waals surface area contributed by atoms with Crippen LogP contribution in [0.1, 0.15) is 14.9 Å². The Bertz CT molecular complexity index is 6.00. The summed E-state index contributed by atoms with van der Waals surface area (Å²) in [6.07, 6.45) is 0. The van der Waals surface area contributed by atoms with E-state index in [2.05, 4.69) is 0 Å².